The van der Waals surface area contributed by atoms with Gasteiger partial charge in [0.1, 0.15) is 0 Å². The van der Waals surface area contributed by atoms with Crippen LogP contribution >= 0.6 is 0 Å². The minimum absolute atomic E-state index is 0.0616. The van der Waals surface area contributed by atoms with E-state index < -0.39 is 0 Å². The van der Waals surface area contributed by atoms with Crippen molar-refractivity contribution >= 4 is 0 Å². The number of likely N-dealkylation sites (N-methyl/N-ethyl adjacent to an activating group) is 1. The molecule has 0 heterocycles. The number of rotatable bonds is 8. The van der Waals surface area contributed by atoms with E-state index in [1.54, 1.807) is 0 Å². The SMILES string of the molecule is CC(C)N(C)CCOC(C)(C)CCOC(C)(C)C. The molecule has 0 aliphatic heterocycles. The van der Waals surface area contributed by atoms with Crippen LogP contribution in [0.15, 0.2) is 0 Å². The summed E-state index contributed by atoms with van der Waals surface area (Å²) in [7, 11) is 2.13. The fourth-order valence-corrected chi connectivity index (χ4v) is 1.40. The molecule has 0 aromatic heterocycles. The van der Waals surface area contributed by atoms with Crippen molar-refractivity contribution in [1.29, 1.82) is 0 Å². The molecule has 0 bridgehead atoms. The smallest absolute Gasteiger partial charge is 0.0649 e. The first kappa shape index (κ1) is 17.9. The van der Waals surface area contributed by atoms with Crippen molar-refractivity contribution in [2.45, 2.75) is 72.1 Å². The highest BCUT2D eigenvalue weighted by Crippen LogP contribution is 2.17. The van der Waals surface area contributed by atoms with Crippen molar-refractivity contribution in [3.63, 3.8) is 0 Å². The van der Waals surface area contributed by atoms with Crippen LogP contribution in [0.2, 0.25) is 0 Å². The standard InChI is InChI=1S/C15H33NO2/c1-13(2)16(8)10-12-18-15(6,7)9-11-17-14(3,4)5/h13H,9-12H2,1-8H3. The highest BCUT2D eigenvalue weighted by molar-refractivity contribution is 4.70. The summed E-state index contributed by atoms with van der Waals surface area (Å²) in [5, 5.41) is 0. The maximum Gasteiger partial charge on any atom is 0.0649 e. The molecule has 0 atom stereocenters. The lowest BCUT2D eigenvalue weighted by atomic mass is 10.1. The molecule has 0 saturated carbocycles. The second-order valence-corrected chi connectivity index (χ2v) is 6.89. The second kappa shape index (κ2) is 7.46. The van der Waals surface area contributed by atoms with Crippen molar-refractivity contribution in [1.82, 2.24) is 4.90 Å². The Labute approximate surface area is 114 Å². The van der Waals surface area contributed by atoms with Gasteiger partial charge >= 0.3 is 0 Å². The fraction of sp³-hybridized carbons (Fsp3) is 1.00. The summed E-state index contributed by atoms with van der Waals surface area (Å²) in [5.41, 5.74) is -0.170. The molecule has 0 aliphatic carbocycles. The number of ether oxygens (including phenoxy) is 2. The summed E-state index contributed by atoms with van der Waals surface area (Å²) in [6, 6.07) is 0.570. The van der Waals surface area contributed by atoms with Gasteiger partial charge in [0.2, 0.25) is 0 Å². The molecular weight excluding hydrogens is 226 g/mol. The van der Waals surface area contributed by atoms with E-state index in [0.29, 0.717) is 6.04 Å². The van der Waals surface area contributed by atoms with Gasteiger partial charge in [-0.3, -0.25) is 0 Å². The molecule has 3 nitrogen and oxygen atoms in total. The van der Waals surface area contributed by atoms with Crippen LogP contribution in [0.5, 0.6) is 0 Å². The van der Waals surface area contributed by atoms with Gasteiger partial charge < -0.3 is 14.4 Å². The summed E-state index contributed by atoms with van der Waals surface area (Å²) >= 11 is 0. The second-order valence-electron chi connectivity index (χ2n) is 6.89. The van der Waals surface area contributed by atoms with E-state index in [1.807, 2.05) is 0 Å². The van der Waals surface area contributed by atoms with Gasteiger partial charge in [0.15, 0.2) is 0 Å². The topological polar surface area (TPSA) is 21.7 Å². The van der Waals surface area contributed by atoms with E-state index in [2.05, 4.69) is 60.4 Å². The summed E-state index contributed by atoms with van der Waals surface area (Å²) in [5.74, 6) is 0. The zero-order chi connectivity index (χ0) is 14.4. The maximum absolute atomic E-state index is 5.94. The van der Waals surface area contributed by atoms with Gasteiger partial charge in [-0.1, -0.05) is 0 Å². The minimum atomic E-state index is -0.108. The average Bonchev–Trinajstić information content (AvgIpc) is 2.14. The molecule has 0 aromatic carbocycles. The molecule has 0 unspecified atom stereocenters. The van der Waals surface area contributed by atoms with Gasteiger partial charge in [-0.15, -0.1) is 0 Å². The van der Waals surface area contributed by atoms with Gasteiger partial charge in [-0.25, -0.2) is 0 Å². The Kier molecular flexibility index (Phi) is 7.41. The van der Waals surface area contributed by atoms with Crippen molar-refractivity contribution in [2.75, 3.05) is 26.8 Å². The molecule has 0 saturated heterocycles. The molecule has 110 valence electrons. The largest absolute Gasteiger partial charge is 0.376 e. The lowest BCUT2D eigenvalue weighted by Gasteiger charge is -2.29. The molecule has 0 aliphatic rings. The summed E-state index contributed by atoms with van der Waals surface area (Å²) in [6.45, 7) is 17.4. The van der Waals surface area contributed by atoms with Gasteiger partial charge in [-0.05, 0) is 61.9 Å². The molecule has 18 heavy (non-hydrogen) atoms. The lowest BCUT2D eigenvalue weighted by Crippen LogP contribution is -2.34. The fourth-order valence-electron chi connectivity index (χ4n) is 1.40. The lowest BCUT2D eigenvalue weighted by molar-refractivity contribution is -0.0700. The molecule has 0 spiro atoms. The molecule has 0 amide bonds. The molecular formula is C15H33NO2. The van der Waals surface area contributed by atoms with Crippen LogP contribution in [-0.2, 0) is 9.47 Å². The maximum atomic E-state index is 5.94. The van der Waals surface area contributed by atoms with Crippen molar-refractivity contribution in [3.8, 4) is 0 Å². The van der Waals surface area contributed by atoms with Crippen LogP contribution in [0.3, 0.4) is 0 Å². The van der Waals surface area contributed by atoms with Crippen LogP contribution in [0, 0.1) is 0 Å². The normalized spacial score (nSPS) is 13.7. The highest BCUT2D eigenvalue weighted by atomic mass is 16.5. The molecule has 0 rings (SSSR count). The third kappa shape index (κ3) is 9.86. The Balaban J connectivity index is 3.80. The minimum Gasteiger partial charge on any atom is -0.376 e. The Morgan fingerprint density at radius 3 is 1.94 bits per heavy atom. The zero-order valence-electron chi connectivity index (χ0n) is 13.7. The predicted octanol–water partition coefficient (Wildman–Crippen LogP) is 3.33. The quantitative estimate of drug-likeness (QED) is 0.667. The third-order valence-electron chi connectivity index (χ3n) is 3.06. The summed E-state index contributed by atoms with van der Waals surface area (Å²) in [4.78, 5) is 2.29. The first-order valence-corrected chi connectivity index (χ1v) is 7.02. The first-order chi connectivity index (χ1) is 8.03. The molecule has 0 N–H and O–H groups in total. The van der Waals surface area contributed by atoms with Crippen LogP contribution in [0.25, 0.3) is 0 Å². The molecule has 0 radical (unpaired) electrons. The van der Waals surface area contributed by atoms with E-state index in [0.717, 1.165) is 26.2 Å². The van der Waals surface area contributed by atoms with E-state index in [-0.39, 0.29) is 11.2 Å². The number of hydrogen-bond acceptors (Lipinski definition) is 3. The third-order valence-corrected chi connectivity index (χ3v) is 3.06. The van der Waals surface area contributed by atoms with Crippen LogP contribution < -0.4 is 0 Å². The summed E-state index contributed by atoms with van der Waals surface area (Å²) in [6.07, 6.45) is 0.926. The van der Waals surface area contributed by atoms with Crippen molar-refractivity contribution in [2.24, 2.45) is 0 Å². The molecule has 0 fully saturated rings. The van der Waals surface area contributed by atoms with E-state index in [9.17, 15) is 0 Å². The Morgan fingerprint density at radius 1 is 0.944 bits per heavy atom. The Hall–Kier alpha value is -0.120. The number of nitrogens with zero attached hydrogens (tertiary/aromatic N) is 1. The van der Waals surface area contributed by atoms with Crippen molar-refractivity contribution in [3.05, 3.63) is 0 Å². The van der Waals surface area contributed by atoms with Gasteiger partial charge in [0.25, 0.3) is 0 Å². The van der Waals surface area contributed by atoms with Gasteiger partial charge in [-0.2, -0.15) is 0 Å². The van der Waals surface area contributed by atoms with Crippen LogP contribution in [-0.4, -0.2) is 49.0 Å². The monoisotopic (exact) mass is 259 g/mol. The predicted molar refractivity (Wildman–Crippen MR) is 78.1 cm³/mol. The van der Waals surface area contributed by atoms with Crippen molar-refractivity contribution < 1.29 is 9.47 Å². The van der Waals surface area contributed by atoms with E-state index in [1.165, 1.54) is 0 Å². The van der Waals surface area contributed by atoms with E-state index in [4.69, 9.17) is 9.47 Å². The Bertz CT molecular complexity index is 219. The van der Waals surface area contributed by atoms with Crippen LogP contribution in [0.1, 0.15) is 54.9 Å². The highest BCUT2D eigenvalue weighted by Gasteiger charge is 2.20. The Morgan fingerprint density at radius 2 is 1.50 bits per heavy atom. The van der Waals surface area contributed by atoms with E-state index >= 15 is 0 Å². The van der Waals surface area contributed by atoms with Gasteiger partial charge in [0.05, 0.1) is 17.8 Å². The number of hydrogen-bond donors (Lipinski definition) is 0. The zero-order valence-corrected chi connectivity index (χ0v) is 13.7. The summed E-state index contributed by atoms with van der Waals surface area (Å²) < 4.78 is 11.7. The molecule has 3 heteroatoms. The van der Waals surface area contributed by atoms with Crippen LogP contribution in [0.4, 0.5) is 0 Å². The average molecular weight is 259 g/mol. The molecule has 0 aromatic rings. The van der Waals surface area contributed by atoms with Gasteiger partial charge in [0, 0.05) is 19.2 Å². The first-order valence-electron chi connectivity index (χ1n) is 7.02.